The van der Waals surface area contributed by atoms with Gasteiger partial charge in [-0.3, -0.25) is 9.48 Å². The molecule has 5 rings (SSSR count). The van der Waals surface area contributed by atoms with Crippen molar-refractivity contribution in [2.45, 2.75) is 13.0 Å². The molecule has 2 heterocycles. The molecule has 0 radical (unpaired) electrons. The number of fused-ring (bicyclic) bond motifs is 2. The molecule has 2 aromatic heterocycles. The van der Waals surface area contributed by atoms with Crippen molar-refractivity contribution < 1.29 is 0 Å². The van der Waals surface area contributed by atoms with E-state index in [-0.39, 0.29) is 11.6 Å². The van der Waals surface area contributed by atoms with E-state index < -0.39 is 0 Å². The second-order valence-corrected chi connectivity index (χ2v) is 7.84. The smallest absolute Gasteiger partial charge is 0.272 e. The maximum absolute atomic E-state index is 12.3. The molecule has 0 spiro atoms. The number of aromatic nitrogens is 4. The van der Waals surface area contributed by atoms with Crippen molar-refractivity contribution in [1.82, 2.24) is 20.0 Å². The lowest BCUT2D eigenvalue weighted by Gasteiger charge is -2.12. The van der Waals surface area contributed by atoms with Crippen LogP contribution in [-0.4, -0.2) is 20.0 Å². The third-order valence-electron chi connectivity index (χ3n) is 5.80. The van der Waals surface area contributed by atoms with Crippen LogP contribution in [0.5, 0.6) is 0 Å². The molecule has 0 fully saturated rings. The largest absolute Gasteiger partial charge is 0.323 e. The highest BCUT2D eigenvalue weighted by atomic mass is 16.1. The van der Waals surface area contributed by atoms with Gasteiger partial charge in [0.05, 0.1) is 28.5 Å². The van der Waals surface area contributed by atoms with Gasteiger partial charge < -0.3 is 5.73 Å². The predicted octanol–water partition coefficient (Wildman–Crippen LogP) is 4.04. The van der Waals surface area contributed by atoms with E-state index in [9.17, 15) is 10.1 Å². The van der Waals surface area contributed by atoms with E-state index in [1.807, 2.05) is 62.5 Å². The molecule has 3 N–H and O–H groups in total. The van der Waals surface area contributed by atoms with Gasteiger partial charge in [-0.2, -0.15) is 15.5 Å². The van der Waals surface area contributed by atoms with E-state index in [1.165, 1.54) is 0 Å². The fourth-order valence-electron chi connectivity index (χ4n) is 4.26. The van der Waals surface area contributed by atoms with Crippen LogP contribution in [0.15, 0.2) is 65.6 Å². The molecule has 0 aliphatic heterocycles. The molecule has 0 saturated carbocycles. The van der Waals surface area contributed by atoms with Gasteiger partial charge in [-0.25, -0.2) is 5.10 Å². The number of nitrogens with zero attached hydrogens (tertiary/aromatic N) is 4. The standard InChI is InChI=1S/C25H20N6O/c1-14(27)23-20-11-16(8-10-19(20)25(32)30-29-23)22-13-28-31(2)24(22)18-9-7-15-5-3-4-6-17(15)21(18)12-26/h3-11,13-14H,27H2,1-2H3,(H,30,32). The number of aryl methyl sites for hydroxylation is 1. The summed E-state index contributed by atoms with van der Waals surface area (Å²) in [6.45, 7) is 1.83. The van der Waals surface area contributed by atoms with Crippen molar-refractivity contribution in [1.29, 1.82) is 5.26 Å². The Morgan fingerprint density at radius 3 is 2.66 bits per heavy atom. The van der Waals surface area contributed by atoms with Crippen LogP contribution >= 0.6 is 0 Å². The zero-order valence-electron chi connectivity index (χ0n) is 17.6. The average molecular weight is 420 g/mol. The van der Waals surface area contributed by atoms with Crippen LogP contribution in [0.3, 0.4) is 0 Å². The number of H-pyrrole nitrogens is 1. The highest BCUT2D eigenvalue weighted by molar-refractivity contribution is 5.97. The van der Waals surface area contributed by atoms with Gasteiger partial charge >= 0.3 is 0 Å². The maximum Gasteiger partial charge on any atom is 0.272 e. The van der Waals surface area contributed by atoms with Crippen LogP contribution < -0.4 is 11.3 Å². The van der Waals surface area contributed by atoms with E-state index in [2.05, 4.69) is 21.4 Å². The van der Waals surface area contributed by atoms with Gasteiger partial charge in [0.15, 0.2) is 0 Å². The first-order chi connectivity index (χ1) is 15.5. The Bertz CT molecular complexity index is 1600. The number of nitrogens with one attached hydrogen (secondary N) is 1. The number of nitriles is 1. The van der Waals surface area contributed by atoms with Crippen LogP contribution in [0.25, 0.3) is 43.9 Å². The summed E-state index contributed by atoms with van der Waals surface area (Å²) in [7, 11) is 1.86. The summed E-state index contributed by atoms with van der Waals surface area (Å²) in [6, 6.07) is 19.4. The highest BCUT2D eigenvalue weighted by Crippen LogP contribution is 2.37. The molecule has 0 bridgehead atoms. The minimum absolute atomic E-state index is 0.261. The molecule has 0 saturated heterocycles. The number of rotatable bonds is 3. The summed E-state index contributed by atoms with van der Waals surface area (Å²) < 4.78 is 1.77. The number of nitrogens with two attached hydrogens (primary N) is 1. The summed E-state index contributed by atoms with van der Waals surface area (Å²) in [4.78, 5) is 12.3. The Labute approximate surface area is 183 Å². The number of aromatic amines is 1. The molecule has 5 aromatic rings. The van der Waals surface area contributed by atoms with E-state index in [0.717, 1.165) is 33.2 Å². The zero-order chi connectivity index (χ0) is 22.4. The van der Waals surface area contributed by atoms with Gasteiger partial charge in [0.25, 0.3) is 5.56 Å². The van der Waals surface area contributed by atoms with Gasteiger partial charge in [0.2, 0.25) is 0 Å². The second-order valence-electron chi connectivity index (χ2n) is 7.84. The Hall–Kier alpha value is -4.28. The van der Waals surface area contributed by atoms with Crippen LogP contribution in [0.1, 0.15) is 24.2 Å². The average Bonchev–Trinajstić information content (AvgIpc) is 3.19. The SMILES string of the molecule is CC(N)c1n[nH]c(=O)c2ccc(-c3cnn(C)c3-c3ccc4ccccc4c3C#N)cc12. The summed E-state index contributed by atoms with van der Waals surface area (Å²) in [5, 5.41) is 24.3. The Morgan fingerprint density at radius 1 is 1.06 bits per heavy atom. The van der Waals surface area contributed by atoms with E-state index >= 15 is 0 Å². The minimum atomic E-state index is -0.344. The van der Waals surface area contributed by atoms with Crippen LogP contribution in [-0.2, 0) is 7.05 Å². The third kappa shape index (κ3) is 2.97. The third-order valence-corrected chi connectivity index (χ3v) is 5.80. The number of benzene rings is 3. The van der Waals surface area contributed by atoms with Crippen molar-refractivity contribution in [3.8, 4) is 28.5 Å². The Balaban J connectivity index is 1.79. The molecule has 1 unspecified atom stereocenters. The highest BCUT2D eigenvalue weighted by Gasteiger charge is 2.19. The summed E-state index contributed by atoms with van der Waals surface area (Å²) >= 11 is 0. The Kier molecular flexibility index (Phi) is 4.58. The quantitative estimate of drug-likeness (QED) is 0.457. The molecule has 0 amide bonds. The number of hydrogen-bond donors (Lipinski definition) is 2. The summed E-state index contributed by atoms with van der Waals surface area (Å²) in [6.07, 6.45) is 1.78. The van der Waals surface area contributed by atoms with E-state index in [4.69, 9.17) is 5.73 Å². The zero-order valence-corrected chi connectivity index (χ0v) is 17.6. The fraction of sp³-hybridized carbons (Fsp3) is 0.120. The predicted molar refractivity (Wildman–Crippen MR) is 125 cm³/mol. The van der Waals surface area contributed by atoms with Gasteiger partial charge in [0.1, 0.15) is 6.07 Å². The van der Waals surface area contributed by atoms with Crippen LogP contribution in [0.2, 0.25) is 0 Å². The van der Waals surface area contributed by atoms with Gasteiger partial charge in [-0.15, -0.1) is 0 Å². The first-order valence-corrected chi connectivity index (χ1v) is 10.2. The Morgan fingerprint density at radius 2 is 1.88 bits per heavy atom. The first-order valence-electron chi connectivity index (χ1n) is 10.2. The first kappa shape index (κ1) is 19.7. The number of hydrogen-bond acceptors (Lipinski definition) is 5. The summed E-state index contributed by atoms with van der Waals surface area (Å²) in [5.41, 5.74) is 10.4. The topological polar surface area (TPSA) is 113 Å². The molecule has 7 nitrogen and oxygen atoms in total. The molecule has 7 heteroatoms. The molecular weight excluding hydrogens is 400 g/mol. The summed E-state index contributed by atoms with van der Waals surface area (Å²) in [5.74, 6) is 0. The second kappa shape index (κ2) is 7.45. The lowest BCUT2D eigenvalue weighted by molar-refractivity contribution is 0.759. The minimum Gasteiger partial charge on any atom is -0.323 e. The van der Waals surface area contributed by atoms with Crippen molar-refractivity contribution in [3.05, 3.63) is 82.4 Å². The monoisotopic (exact) mass is 420 g/mol. The fourth-order valence-corrected chi connectivity index (χ4v) is 4.26. The molecular formula is C25H20N6O. The van der Waals surface area contributed by atoms with Crippen LogP contribution in [0.4, 0.5) is 0 Å². The van der Waals surface area contributed by atoms with Gasteiger partial charge in [-0.1, -0.05) is 42.5 Å². The van der Waals surface area contributed by atoms with Crippen LogP contribution in [0, 0.1) is 11.3 Å². The van der Waals surface area contributed by atoms with E-state index in [0.29, 0.717) is 22.0 Å². The van der Waals surface area contributed by atoms with Gasteiger partial charge in [0, 0.05) is 35.0 Å². The van der Waals surface area contributed by atoms with Crippen molar-refractivity contribution in [2.75, 3.05) is 0 Å². The van der Waals surface area contributed by atoms with E-state index in [1.54, 1.807) is 16.9 Å². The van der Waals surface area contributed by atoms with Gasteiger partial charge in [-0.05, 0) is 30.0 Å². The van der Waals surface area contributed by atoms with Crippen molar-refractivity contribution in [2.24, 2.45) is 12.8 Å². The lowest BCUT2D eigenvalue weighted by Crippen LogP contribution is -2.16. The molecule has 1 atom stereocenters. The van der Waals surface area contributed by atoms with Crippen molar-refractivity contribution >= 4 is 21.5 Å². The molecule has 0 aliphatic carbocycles. The lowest BCUT2D eigenvalue weighted by atomic mass is 9.93. The van der Waals surface area contributed by atoms with Crippen molar-refractivity contribution in [3.63, 3.8) is 0 Å². The maximum atomic E-state index is 12.3. The molecule has 0 aliphatic rings. The molecule has 156 valence electrons. The normalized spacial score (nSPS) is 12.2. The molecule has 3 aromatic carbocycles. The molecule has 32 heavy (non-hydrogen) atoms.